The molecule has 0 bridgehead atoms. The minimum atomic E-state index is -0.808. The van der Waals surface area contributed by atoms with E-state index in [1.165, 1.54) is 7.11 Å². The Morgan fingerprint density at radius 1 is 1.08 bits per heavy atom. The molecule has 134 valence electrons. The third kappa shape index (κ3) is 3.01. The number of carbonyl (C=O) groups excluding carboxylic acids is 2. The molecule has 3 rings (SSSR count). The molecule has 1 amide bonds. The molecule has 0 aliphatic heterocycles. The number of esters is 1. The number of carbonyl (C=O) groups is 2. The van der Waals surface area contributed by atoms with Crippen LogP contribution in [0.1, 0.15) is 34.3 Å². The van der Waals surface area contributed by atoms with Crippen molar-refractivity contribution in [2.45, 2.75) is 12.8 Å². The minimum absolute atomic E-state index is 0.312. The second kappa shape index (κ2) is 7.31. The van der Waals surface area contributed by atoms with E-state index >= 15 is 0 Å². The highest BCUT2D eigenvalue weighted by Gasteiger charge is 2.28. The fourth-order valence-electron chi connectivity index (χ4n) is 3.17. The molecular weight excluding hydrogens is 332 g/mol. The van der Waals surface area contributed by atoms with Crippen molar-refractivity contribution in [1.82, 2.24) is 4.73 Å². The van der Waals surface area contributed by atoms with Gasteiger partial charge in [0.05, 0.1) is 24.1 Å². The molecule has 26 heavy (non-hydrogen) atoms. The molecule has 0 saturated carbocycles. The van der Waals surface area contributed by atoms with Crippen molar-refractivity contribution in [2.24, 2.45) is 5.73 Å². The second-order valence-corrected chi connectivity index (χ2v) is 5.76. The predicted molar refractivity (Wildman–Crippen MR) is 97.9 cm³/mol. The molecule has 2 aromatic carbocycles. The van der Waals surface area contributed by atoms with E-state index < -0.39 is 17.8 Å². The summed E-state index contributed by atoms with van der Waals surface area (Å²) in [6.07, 6.45) is 1.75. The number of para-hydroxylation sites is 1. The fraction of sp³-hybridized carbons (Fsp3) is 0.200. The van der Waals surface area contributed by atoms with E-state index in [0.717, 1.165) is 10.9 Å². The molecule has 0 spiro atoms. The molecule has 6 heteroatoms. The Bertz CT molecular complexity index is 961. The van der Waals surface area contributed by atoms with Gasteiger partial charge in [-0.15, -0.1) is 0 Å². The fourth-order valence-corrected chi connectivity index (χ4v) is 3.17. The van der Waals surface area contributed by atoms with E-state index in [1.807, 2.05) is 31.2 Å². The van der Waals surface area contributed by atoms with Gasteiger partial charge in [0.2, 0.25) is 5.91 Å². The third-order valence-corrected chi connectivity index (χ3v) is 4.25. The SMILES string of the molecule is CCOn1cc(C(C(N)=O)c2ccccc2C(=O)OC)c2ccccc21. The lowest BCUT2D eigenvalue weighted by molar-refractivity contribution is -0.118. The first-order chi connectivity index (χ1) is 12.6. The zero-order chi connectivity index (χ0) is 18.7. The average Bonchev–Trinajstić information content (AvgIpc) is 3.00. The van der Waals surface area contributed by atoms with Gasteiger partial charge in [0, 0.05) is 11.6 Å². The predicted octanol–water partition coefficient (Wildman–Crippen LogP) is 2.49. The Morgan fingerprint density at radius 3 is 2.46 bits per heavy atom. The summed E-state index contributed by atoms with van der Waals surface area (Å²) in [6, 6.07) is 14.4. The average molecular weight is 352 g/mol. The third-order valence-electron chi connectivity index (χ3n) is 4.25. The molecule has 0 fully saturated rings. The number of primary amides is 1. The zero-order valence-corrected chi connectivity index (χ0v) is 14.6. The van der Waals surface area contributed by atoms with Gasteiger partial charge in [0.1, 0.15) is 6.61 Å². The topological polar surface area (TPSA) is 83.5 Å². The molecular formula is C20H20N2O4. The van der Waals surface area contributed by atoms with Crippen molar-refractivity contribution in [3.05, 3.63) is 71.4 Å². The summed E-state index contributed by atoms with van der Waals surface area (Å²) in [6.45, 7) is 2.35. The van der Waals surface area contributed by atoms with E-state index in [-0.39, 0.29) is 0 Å². The van der Waals surface area contributed by atoms with Crippen LogP contribution in [0.2, 0.25) is 0 Å². The summed E-state index contributed by atoms with van der Waals surface area (Å²) < 4.78 is 6.48. The van der Waals surface area contributed by atoms with Gasteiger partial charge in [-0.3, -0.25) is 4.79 Å². The lowest BCUT2D eigenvalue weighted by Crippen LogP contribution is -2.24. The molecule has 1 heterocycles. The number of fused-ring (bicyclic) bond motifs is 1. The number of benzene rings is 2. The largest absolute Gasteiger partial charge is 0.465 e. The maximum Gasteiger partial charge on any atom is 0.338 e. The highest BCUT2D eigenvalue weighted by molar-refractivity contribution is 5.98. The van der Waals surface area contributed by atoms with Gasteiger partial charge in [-0.2, -0.15) is 4.73 Å². The molecule has 2 N–H and O–H groups in total. The first-order valence-corrected chi connectivity index (χ1v) is 8.28. The summed E-state index contributed by atoms with van der Waals surface area (Å²) in [7, 11) is 1.30. The molecule has 3 aromatic rings. The number of ether oxygens (including phenoxy) is 1. The van der Waals surface area contributed by atoms with Crippen LogP contribution in [0.25, 0.3) is 10.9 Å². The second-order valence-electron chi connectivity index (χ2n) is 5.76. The van der Waals surface area contributed by atoms with Gasteiger partial charge in [0.25, 0.3) is 0 Å². The van der Waals surface area contributed by atoms with Gasteiger partial charge < -0.3 is 15.3 Å². The summed E-state index contributed by atoms with van der Waals surface area (Å²) in [5.74, 6) is -1.88. The van der Waals surface area contributed by atoms with Crippen molar-refractivity contribution in [1.29, 1.82) is 0 Å². The van der Waals surface area contributed by atoms with Crippen LogP contribution in [-0.2, 0) is 9.53 Å². The highest BCUT2D eigenvalue weighted by atomic mass is 16.7. The Labute approximate surface area is 151 Å². The zero-order valence-electron chi connectivity index (χ0n) is 14.6. The number of hydrogen-bond acceptors (Lipinski definition) is 4. The normalized spacial score (nSPS) is 11.9. The van der Waals surface area contributed by atoms with Crippen LogP contribution in [0, 0.1) is 0 Å². The Kier molecular flexibility index (Phi) is 4.93. The Morgan fingerprint density at radius 2 is 1.77 bits per heavy atom. The van der Waals surface area contributed by atoms with Gasteiger partial charge in [-0.05, 0) is 30.2 Å². The maximum absolute atomic E-state index is 12.4. The minimum Gasteiger partial charge on any atom is -0.465 e. The smallest absolute Gasteiger partial charge is 0.338 e. The van der Waals surface area contributed by atoms with Crippen molar-refractivity contribution in [2.75, 3.05) is 13.7 Å². The van der Waals surface area contributed by atoms with Crippen molar-refractivity contribution in [3.8, 4) is 0 Å². The highest BCUT2D eigenvalue weighted by Crippen LogP contribution is 2.33. The molecule has 0 aliphatic carbocycles. The number of hydrogen-bond donors (Lipinski definition) is 1. The number of nitrogens with zero attached hydrogens (tertiary/aromatic N) is 1. The Balaban J connectivity index is 2.25. The lowest BCUT2D eigenvalue weighted by Gasteiger charge is -2.16. The Hall–Kier alpha value is -3.28. The lowest BCUT2D eigenvalue weighted by atomic mass is 9.87. The standard InChI is InChI=1S/C20H20N2O4/c1-3-26-22-12-16(13-8-6-7-11-17(13)22)18(19(21)23)14-9-4-5-10-15(14)20(24)25-2/h4-12,18H,3H2,1-2H3,(H2,21,23). The molecule has 0 saturated heterocycles. The van der Waals surface area contributed by atoms with Gasteiger partial charge >= 0.3 is 5.97 Å². The van der Waals surface area contributed by atoms with Gasteiger partial charge in [0.15, 0.2) is 0 Å². The summed E-state index contributed by atoms with van der Waals surface area (Å²) >= 11 is 0. The summed E-state index contributed by atoms with van der Waals surface area (Å²) in [5, 5.41) is 0.837. The molecule has 0 radical (unpaired) electrons. The summed E-state index contributed by atoms with van der Waals surface area (Å²) in [5.41, 5.74) is 8.07. The number of rotatable bonds is 6. The summed E-state index contributed by atoms with van der Waals surface area (Å²) in [4.78, 5) is 30.2. The quantitative estimate of drug-likeness (QED) is 0.691. The van der Waals surface area contributed by atoms with Crippen molar-refractivity contribution in [3.63, 3.8) is 0 Å². The van der Waals surface area contributed by atoms with E-state index in [0.29, 0.717) is 23.3 Å². The van der Waals surface area contributed by atoms with Crippen LogP contribution in [0.4, 0.5) is 0 Å². The maximum atomic E-state index is 12.4. The molecule has 0 aliphatic rings. The molecule has 1 atom stereocenters. The van der Waals surface area contributed by atoms with Crippen LogP contribution in [-0.4, -0.2) is 30.3 Å². The first kappa shape index (κ1) is 17.5. The van der Waals surface area contributed by atoms with E-state index in [1.54, 1.807) is 35.2 Å². The van der Waals surface area contributed by atoms with Crippen LogP contribution in [0.15, 0.2) is 54.7 Å². The number of methoxy groups -OCH3 is 1. The van der Waals surface area contributed by atoms with E-state index in [9.17, 15) is 9.59 Å². The van der Waals surface area contributed by atoms with Crippen molar-refractivity contribution < 1.29 is 19.2 Å². The number of amides is 1. The van der Waals surface area contributed by atoms with Crippen LogP contribution < -0.4 is 10.6 Å². The monoisotopic (exact) mass is 352 g/mol. The van der Waals surface area contributed by atoms with E-state index in [4.69, 9.17) is 15.3 Å². The van der Waals surface area contributed by atoms with Crippen LogP contribution in [0.5, 0.6) is 0 Å². The molecule has 6 nitrogen and oxygen atoms in total. The van der Waals surface area contributed by atoms with Gasteiger partial charge in [-0.1, -0.05) is 36.4 Å². The molecule has 1 unspecified atom stereocenters. The van der Waals surface area contributed by atoms with Gasteiger partial charge in [-0.25, -0.2) is 4.79 Å². The first-order valence-electron chi connectivity index (χ1n) is 8.28. The van der Waals surface area contributed by atoms with Crippen LogP contribution in [0.3, 0.4) is 0 Å². The number of aromatic nitrogens is 1. The van der Waals surface area contributed by atoms with Crippen molar-refractivity contribution >= 4 is 22.8 Å². The van der Waals surface area contributed by atoms with E-state index in [2.05, 4.69) is 0 Å². The molecule has 1 aromatic heterocycles. The number of nitrogens with two attached hydrogens (primary N) is 1. The van der Waals surface area contributed by atoms with Crippen LogP contribution >= 0.6 is 0 Å².